The number of H-pyrrole nitrogens is 1. The van der Waals surface area contributed by atoms with Gasteiger partial charge in [-0.3, -0.25) is 4.79 Å². The van der Waals surface area contributed by atoms with Gasteiger partial charge in [0, 0.05) is 22.2 Å². The Kier molecular flexibility index (Phi) is 1.69. The minimum atomic E-state index is 0.785. The van der Waals surface area contributed by atoms with E-state index in [0.29, 0.717) is 0 Å². The summed E-state index contributed by atoms with van der Waals surface area (Å²) in [5, 5.41) is 1.05. The van der Waals surface area contributed by atoms with Gasteiger partial charge in [0.1, 0.15) is 0 Å². The van der Waals surface area contributed by atoms with Crippen molar-refractivity contribution in [3.63, 3.8) is 0 Å². The molecule has 2 nitrogen and oxygen atoms in total. The van der Waals surface area contributed by atoms with Gasteiger partial charge in [-0.25, -0.2) is 0 Å². The average molecular weight is 173 g/mol. The highest BCUT2D eigenvalue weighted by atomic mass is 16.1. The standard InChI is InChI=1S/C11H11NO/c1-7-4-3-5-10-11(7)9(6-13)8(2)12-10/h3-6,12H,1-2H3. The van der Waals surface area contributed by atoms with Crippen molar-refractivity contribution in [1.82, 2.24) is 4.98 Å². The fourth-order valence-corrected chi connectivity index (χ4v) is 1.73. The third-order valence-corrected chi connectivity index (χ3v) is 2.39. The van der Waals surface area contributed by atoms with Gasteiger partial charge in [0.2, 0.25) is 0 Å². The number of carbonyl (C=O) groups excluding carboxylic acids is 1. The Morgan fingerprint density at radius 3 is 2.77 bits per heavy atom. The lowest BCUT2D eigenvalue weighted by Gasteiger charge is -1.95. The Labute approximate surface area is 76.6 Å². The molecule has 1 heterocycles. The van der Waals surface area contributed by atoms with Gasteiger partial charge in [0.05, 0.1) is 0 Å². The topological polar surface area (TPSA) is 32.9 Å². The van der Waals surface area contributed by atoms with E-state index in [2.05, 4.69) is 4.98 Å². The van der Waals surface area contributed by atoms with Crippen LogP contribution in [-0.2, 0) is 0 Å². The molecular formula is C11H11NO. The normalized spacial score (nSPS) is 10.6. The fourth-order valence-electron chi connectivity index (χ4n) is 1.73. The Morgan fingerprint density at radius 1 is 1.31 bits per heavy atom. The zero-order chi connectivity index (χ0) is 9.42. The first-order chi connectivity index (χ1) is 6.24. The van der Waals surface area contributed by atoms with E-state index in [9.17, 15) is 4.79 Å². The van der Waals surface area contributed by atoms with Crippen LogP contribution in [0.4, 0.5) is 0 Å². The molecule has 0 radical (unpaired) electrons. The molecule has 0 unspecified atom stereocenters. The number of aldehydes is 1. The third kappa shape index (κ3) is 1.06. The predicted octanol–water partition coefficient (Wildman–Crippen LogP) is 2.60. The highest BCUT2D eigenvalue weighted by molar-refractivity contribution is 6.00. The van der Waals surface area contributed by atoms with Crippen LogP contribution >= 0.6 is 0 Å². The SMILES string of the molecule is Cc1[nH]c2cccc(C)c2c1C=O. The number of aromatic nitrogens is 1. The molecule has 0 spiro atoms. The minimum absolute atomic E-state index is 0.785. The van der Waals surface area contributed by atoms with E-state index in [0.717, 1.165) is 34.0 Å². The van der Waals surface area contributed by atoms with Crippen LogP contribution in [-0.4, -0.2) is 11.3 Å². The minimum Gasteiger partial charge on any atom is -0.358 e. The Hall–Kier alpha value is -1.57. The zero-order valence-corrected chi connectivity index (χ0v) is 7.72. The molecule has 0 atom stereocenters. The Balaban J connectivity index is 2.96. The molecule has 2 heteroatoms. The summed E-state index contributed by atoms with van der Waals surface area (Å²) in [5.74, 6) is 0. The van der Waals surface area contributed by atoms with E-state index in [4.69, 9.17) is 0 Å². The maximum absolute atomic E-state index is 10.8. The second-order valence-corrected chi connectivity index (χ2v) is 3.28. The van der Waals surface area contributed by atoms with Gasteiger partial charge >= 0.3 is 0 Å². The van der Waals surface area contributed by atoms with Crippen LogP contribution in [0, 0.1) is 13.8 Å². The molecule has 0 saturated carbocycles. The molecule has 66 valence electrons. The van der Waals surface area contributed by atoms with Gasteiger partial charge in [-0.15, -0.1) is 0 Å². The lowest BCUT2D eigenvalue weighted by molar-refractivity contribution is 0.112. The van der Waals surface area contributed by atoms with E-state index in [1.807, 2.05) is 32.0 Å². The molecule has 0 aliphatic heterocycles. The summed E-state index contributed by atoms with van der Waals surface area (Å²) in [4.78, 5) is 14.0. The van der Waals surface area contributed by atoms with Gasteiger partial charge in [0.25, 0.3) is 0 Å². The smallest absolute Gasteiger partial charge is 0.152 e. The number of hydrogen-bond donors (Lipinski definition) is 1. The first-order valence-corrected chi connectivity index (χ1v) is 4.27. The van der Waals surface area contributed by atoms with Gasteiger partial charge in [0.15, 0.2) is 6.29 Å². The largest absolute Gasteiger partial charge is 0.358 e. The van der Waals surface area contributed by atoms with Crippen LogP contribution in [0.1, 0.15) is 21.6 Å². The summed E-state index contributed by atoms with van der Waals surface area (Å²) >= 11 is 0. The molecular weight excluding hydrogens is 162 g/mol. The fraction of sp³-hybridized carbons (Fsp3) is 0.182. The first kappa shape index (κ1) is 8.05. The number of fused-ring (bicyclic) bond motifs is 1. The van der Waals surface area contributed by atoms with Crippen LogP contribution in [0.3, 0.4) is 0 Å². The van der Waals surface area contributed by atoms with Gasteiger partial charge in [-0.05, 0) is 25.5 Å². The summed E-state index contributed by atoms with van der Waals surface area (Å²) < 4.78 is 0. The summed E-state index contributed by atoms with van der Waals surface area (Å²) in [6.07, 6.45) is 0.918. The van der Waals surface area contributed by atoms with E-state index < -0.39 is 0 Å². The Bertz CT molecular complexity index is 468. The molecule has 2 aromatic rings. The van der Waals surface area contributed by atoms with E-state index in [1.165, 1.54) is 0 Å². The number of rotatable bonds is 1. The molecule has 0 amide bonds. The molecule has 0 bridgehead atoms. The predicted molar refractivity (Wildman–Crippen MR) is 53.2 cm³/mol. The van der Waals surface area contributed by atoms with Crippen molar-refractivity contribution in [2.75, 3.05) is 0 Å². The van der Waals surface area contributed by atoms with E-state index in [1.54, 1.807) is 0 Å². The second-order valence-electron chi connectivity index (χ2n) is 3.28. The van der Waals surface area contributed by atoms with Crippen LogP contribution in [0.25, 0.3) is 10.9 Å². The molecule has 1 aromatic carbocycles. The molecule has 13 heavy (non-hydrogen) atoms. The number of nitrogens with one attached hydrogen (secondary N) is 1. The van der Waals surface area contributed by atoms with Crippen molar-refractivity contribution < 1.29 is 4.79 Å². The molecule has 0 fully saturated rings. The van der Waals surface area contributed by atoms with E-state index in [-0.39, 0.29) is 0 Å². The first-order valence-electron chi connectivity index (χ1n) is 4.27. The summed E-state index contributed by atoms with van der Waals surface area (Å²) in [6.45, 7) is 3.94. The maximum atomic E-state index is 10.8. The molecule has 1 aromatic heterocycles. The quantitative estimate of drug-likeness (QED) is 0.660. The van der Waals surface area contributed by atoms with Gasteiger partial charge in [-0.1, -0.05) is 12.1 Å². The number of hydrogen-bond acceptors (Lipinski definition) is 1. The Morgan fingerprint density at radius 2 is 2.08 bits per heavy atom. The molecule has 0 saturated heterocycles. The van der Waals surface area contributed by atoms with Crippen molar-refractivity contribution in [1.29, 1.82) is 0 Å². The van der Waals surface area contributed by atoms with Crippen molar-refractivity contribution in [2.24, 2.45) is 0 Å². The zero-order valence-electron chi connectivity index (χ0n) is 7.72. The summed E-state index contributed by atoms with van der Waals surface area (Å²) in [5.41, 5.74) is 3.91. The van der Waals surface area contributed by atoms with Crippen LogP contribution in [0.15, 0.2) is 18.2 Å². The number of carbonyl (C=O) groups is 1. The number of aryl methyl sites for hydroxylation is 2. The van der Waals surface area contributed by atoms with Crippen LogP contribution in [0.5, 0.6) is 0 Å². The molecule has 1 N–H and O–H groups in total. The van der Waals surface area contributed by atoms with Crippen molar-refractivity contribution >= 4 is 17.2 Å². The van der Waals surface area contributed by atoms with Crippen molar-refractivity contribution in [2.45, 2.75) is 13.8 Å². The molecule has 0 aliphatic carbocycles. The number of aromatic amines is 1. The van der Waals surface area contributed by atoms with Crippen LogP contribution < -0.4 is 0 Å². The average Bonchev–Trinajstić information content (AvgIpc) is 2.42. The van der Waals surface area contributed by atoms with Gasteiger partial charge in [-0.2, -0.15) is 0 Å². The summed E-state index contributed by atoms with van der Waals surface area (Å²) in [6, 6.07) is 5.99. The third-order valence-electron chi connectivity index (χ3n) is 2.39. The summed E-state index contributed by atoms with van der Waals surface area (Å²) in [7, 11) is 0. The highest BCUT2D eigenvalue weighted by Crippen LogP contribution is 2.23. The van der Waals surface area contributed by atoms with Gasteiger partial charge < -0.3 is 4.98 Å². The van der Waals surface area contributed by atoms with Crippen molar-refractivity contribution in [3.8, 4) is 0 Å². The van der Waals surface area contributed by atoms with E-state index >= 15 is 0 Å². The maximum Gasteiger partial charge on any atom is 0.152 e. The second kappa shape index (κ2) is 2.73. The highest BCUT2D eigenvalue weighted by Gasteiger charge is 2.08. The molecule has 2 rings (SSSR count). The molecule has 0 aliphatic rings. The number of benzene rings is 1. The monoisotopic (exact) mass is 173 g/mol. The van der Waals surface area contributed by atoms with Crippen molar-refractivity contribution in [3.05, 3.63) is 35.0 Å². The van der Waals surface area contributed by atoms with Crippen LogP contribution in [0.2, 0.25) is 0 Å². The lowest BCUT2D eigenvalue weighted by Crippen LogP contribution is -1.82. The lowest BCUT2D eigenvalue weighted by atomic mass is 10.1.